The molecule has 0 aliphatic carbocycles. The Bertz CT molecular complexity index is 759. The maximum atomic E-state index is 13.0. The Balaban J connectivity index is 0.00000131. The lowest BCUT2D eigenvalue weighted by Crippen LogP contribution is -2.48. The highest BCUT2D eigenvalue weighted by molar-refractivity contribution is 7.13. The number of piperidine rings is 1. The second-order valence-electron chi connectivity index (χ2n) is 7.10. The second-order valence-corrected chi connectivity index (χ2v) is 8.22. The molecule has 0 saturated carbocycles. The highest BCUT2D eigenvalue weighted by Gasteiger charge is 2.36. The second kappa shape index (κ2) is 9.32. The number of hydrogen-bond acceptors (Lipinski definition) is 4. The summed E-state index contributed by atoms with van der Waals surface area (Å²) < 4.78 is 13.0. The van der Waals surface area contributed by atoms with Crippen LogP contribution in [0.15, 0.2) is 30.5 Å². The van der Waals surface area contributed by atoms with Crippen molar-refractivity contribution in [1.29, 1.82) is 0 Å². The first-order valence-electron chi connectivity index (χ1n) is 8.81. The number of nitrogens with one attached hydrogen (secondary N) is 1. The fourth-order valence-electron chi connectivity index (χ4n) is 3.95. The Morgan fingerprint density at radius 1 is 1.22 bits per heavy atom. The summed E-state index contributed by atoms with van der Waals surface area (Å²) in [7, 11) is 1.91. The quantitative estimate of drug-likeness (QED) is 0.792. The van der Waals surface area contributed by atoms with Crippen LogP contribution in [0.4, 0.5) is 4.39 Å². The summed E-state index contributed by atoms with van der Waals surface area (Å²) in [4.78, 5) is 19.8. The van der Waals surface area contributed by atoms with E-state index in [-0.39, 0.29) is 36.5 Å². The van der Waals surface area contributed by atoms with Gasteiger partial charge < -0.3 is 10.2 Å². The lowest BCUT2D eigenvalue weighted by atomic mass is 9.98. The first-order chi connectivity index (χ1) is 12.1. The van der Waals surface area contributed by atoms with Gasteiger partial charge in [-0.3, -0.25) is 4.79 Å². The van der Waals surface area contributed by atoms with Crippen LogP contribution < -0.4 is 5.32 Å². The molecular formula is C19H24Cl2FN3OS. The number of halogens is 3. The van der Waals surface area contributed by atoms with E-state index in [4.69, 9.17) is 0 Å². The summed E-state index contributed by atoms with van der Waals surface area (Å²) in [5, 5.41) is 4.50. The third kappa shape index (κ3) is 4.99. The Morgan fingerprint density at radius 2 is 1.85 bits per heavy atom. The molecular weight excluding hydrogens is 408 g/mol. The Morgan fingerprint density at radius 3 is 2.48 bits per heavy atom. The molecule has 2 atom stereocenters. The smallest absolute Gasteiger partial charge is 0.265 e. The molecule has 2 fully saturated rings. The van der Waals surface area contributed by atoms with Crippen LogP contribution in [0.5, 0.6) is 0 Å². The summed E-state index contributed by atoms with van der Waals surface area (Å²) in [5.41, 5.74) is 0.998. The molecule has 2 aliphatic heterocycles. The molecule has 1 amide bonds. The van der Waals surface area contributed by atoms with Crippen LogP contribution in [0.25, 0.3) is 0 Å². The molecule has 4 rings (SSSR count). The number of carbonyl (C=O) groups is 1. The van der Waals surface area contributed by atoms with Crippen molar-refractivity contribution in [3.8, 4) is 0 Å². The van der Waals surface area contributed by atoms with Gasteiger partial charge in [-0.1, -0.05) is 12.1 Å². The predicted molar refractivity (Wildman–Crippen MR) is 111 cm³/mol. The molecule has 8 heteroatoms. The van der Waals surface area contributed by atoms with Gasteiger partial charge in [-0.05, 0) is 43.4 Å². The average molecular weight is 432 g/mol. The van der Waals surface area contributed by atoms with Crippen molar-refractivity contribution >= 4 is 42.1 Å². The number of fused-ring (bicyclic) bond motifs is 2. The summed E-state index contributed by atoms with van der Waals surface area (Å²) in [6.45, 7) is 0. The standard InChI is InChI=1S/C19H22FN3OS.2ClH/c1-23(16-9-14-6-7-15(10-16)22-14)19(24)17-11-21-18(25-17)8-12-2-4-13(20)5-3-12;;/h2-5,11,14-16,22H,6-10H2,1H3;2*1H. The minimum absolute atomic E-state index is 0. The maximum Gasteiger partial charge on any atom is 0.265 e. The largest absolute Gasteiger partial charge is 0.338 e. The van der Waals surface area contributed by atoms with Crippen LogP contribution in [0.1, 0.15) is 45.9 Å². The van der Waals surface area contributed by atoms with Crippen LogP contribution in [0, 0.1) is 5.82 Å². The lowest BCUT2D eigenvalue weighted by molar-refractivity contribution is 0.0686. The molecule has 2 aromatic rings. The van der Waals surface area contributed by atoms with Gasteiger partial charge in [-0.2, -0.15) is 0 Å². The molecule has 2 unspecified atom stereocenters. The van der Waals surface area contributed by atoms with Gasteiger partial charge in [-0.15, -0.1) is 36.2 Å². The van der Waals surface area contributed by atoms with E-state index >= 15 is 0 Å². The Kier molecular flexibility index (Phi) is 7.63. The van der Waals surface area contributed by atoms with Crippen molar-refractivity contribution in [2.75, 3.05) is 7.05 Å². The fourth-order valence-corrected chi connectivity index (χ4v) is 4.89. The van der Waals surface area contributed by atoms with Gasteiger partial charge in [0, 0.05) is 31.6 Å². The monoisotopic (exact) mass is 431 g/mol. The van der Waals surface area contributed by atoms with Gasteiger partial charge in [0.15, 0.2) is 0 Å². The predicted octanol–water partition coefficient (Wildman–Crippen LogP) is 4.07. The number of nitrogens with zero attached hydrogens (tertiary/aromatic N) is 2. The van der Waals surface area contributed by atoms with Crippen molar-refractivity contribution in [2.45, 2.75) is 50.2 Å². The van der Waals surface area contributed by atoms with Crippen molar-refractivity contribution < 1.29 is 9.18 Å². The molecule has 27 heavy (non-hydrogen) atoms. The highest BCUT2D eigenvalue weighted by Crippen LogP contribution is 2.30. The van der Waals surface area contributed by atoms with Crippen molar-refractivity contribution in [1.82, 2.24) is 15.2 Å². The van der Waals surface area contributed by atoms with Gasteiger partial charge in [0.05, 0.1) is 11.2 Å². The van der Waals surface area contributed by atoms with Crippen LogP contribution in [-0.4, -0.2) is 41.0 Å². The van der Waals surface area contributed by atoms with Gasteiger partial charge in [0.1, 0.15) is 10.7 Å². The van der Waals surface area contributed by atoms with Crippen molar-refractivity contribution in [3.05, 3.63) is 51.7 Å². The highest BCUT2D eigenvalue weighted by atomic mass is 35.5. The van der Waals surface area contributed by atoms with Gasteiger partial charge in [-0.25, -0.2) is 9.37 Å². The number of hydrogen-bond donors (Lipinski definition) is 1. The summed E-state index contributed by atoms with van der Waals surface area (Å²) in [6, 6.07) is 7.87. The molecule has 2 bridgehead atoms. The normalized spacial score (nSPS) is 23.3. The number of amides is 1. The van der Waals surface area contributed by atoms with E-state index < -0.39 is 0 Å². The Hall–Kier alpha value is -1.21. The lowest BCUT2D eigenvalue weighted by Gasteiger charge is -2.35. The number of carbonyl (C=O) groups excluding carboxylic acids is 1. The first kappa shape index (κ1) is 22.1. The van der Waals surface area contributed by atoms with Gasteiger partial charge >= 0.3 is 0 Å². The molecule has 2 aliphatic rings. The molecule has 1 aromatic carbocycles. The zero-order valence-electron chi connectivity index (χ0n) is 15.1. The van der Waals surface area contributed by atoms with E-state index in [1.807, 2.05) is 11.9 Å². The molecule has 0 radical (unpaired) electrons. The van der Waals surface area contributed by atoms with Gasteiger partial charge in [0.2, 0.25) is 0 Å². The number of benzene rings is 1. The van der Waals surface area contributed by atoms with Gasteiger partial charge in [0.25, 0.3) is 5.91 Å². The molecule has 148 valence electrons. The number of thiazole rings is 1. The third-order valence-electron chi connectivity index (χ3n) is 5.35. The topological polar surface area (TPSA) is 45.2 Å². The molecule has 1 aromatic heterocycles. The van der Waals surface area contributed by atoms with E-state index in [2.05, 4.69) is 10.3 Å². The summed E-state index contributed by atoms with van der Waals surface area (Å²) in [6.07, 6.45) is 6.84. The molecule has 4 nitrogen and oxygen atoms in total. The molecule has 3 heterocycles. The van der Waals surface area contributed by atoms with Crippen LogP contribution in [0.3, 0.4) is 0 Å². The van der Waals surface area contributed by atoms with Crippen LogP contribution >= 0.6 is 36.2 Å². The average Bonchev–Trinajstić information content (AvgIpc) is 3.22. The maximum absolute atomic E-state index is 13.0. The van der Waals surface area contributed by atoms with E-state index in [1.54, 1.807) is 18.3 Å². The molecule has 0 spiro atoms. The zero-order chi connectivity index (χ0) is 17.4. The molecule has 2 saturated heterocycles. The minimum atomic E-state index is -0.240. The summed E-state index contributed by atoms with van der Waals surface area (Å²) >= 11 is 1.44. The van der Waals surface area contributed by atoms with E-state index in [0.29, 0.717) is 29.4 Å². The van der Waals surface area contributed by atoms with Crippen molar-refractivity contribution in [2.24, 2.45) is 0 Å². The van der Waals surface area contributed by atoms with Crippen LogP contribution in [0.2, 0.25) is 0 Å². The number of rotatable bonds is 4. The third-order valence-corrected chi connectivity index (χ3v) is 6.33. The number of aromatic nitrogens is 1. The Labute approximate surface area is 175 Å². The molecule has 1 N–H and O–H groups in total. The fraction of sp³-hybridized carbons (Fsp3) is 0.474. The van der Waals surface area contributed by atoms with Crippen LogP contribution in [-0.2, 0) is 6.42 Å². The van der Waals surface area contributed by atoms with E-state index in [1.165, 1.54) is 36.3 Å². The first-order valence-corrected chi connectivity index (χ1v) is 9.62. The minimum Gasteiger partial charge on any atom is -0.338 e. The van der Waals surface area contributed by atoms with E-state index in [0.717, 1.165) is 23.4 Å². The zero-order valence-corrected chi connectivity index (χ0v) is 17.5. The van der Waals surface area contributed by atoms with E-state index in [9.17, 15) is 9.18 Å². The SMILES string of the molecule is CN(C(=O)c1cnc(Cc2ccc(F)cc2)s1)C1CC2CCC(C1)N2.Cl.Cl. The summed E-state index contributed by atoms with van der Waals surface area (Å²) in [5.74, 6) is -0.175. The van der Waals surface area contributed by atoms with Crippen molar-refractivity contribution in [3.63, 3.8) is 0 Å².